The van der Waals surface area contributed by atoms with Gasteiger partial charge in [0, 0.05) is 56.8 Å². The van der Waals surface area contributed by atoms with Crippen molar-refractivity contribution in [3.8, 4) is 0 Å². The maximum atomic E-state index is 12.3. The van der Waals surface area contributed by atoms with Crippen LogP contribution in [0.2, 0.25) is 0 Å². The molecule has 2 aliphatic rings. The lowest BCUT2D eigenvalue weighted by Gasteiger charge is -2.36. The van der Waals surface area contributed by atoms with E-state index in [9.17, 15) is 9.59 Å². The summed E-state index contributed by atoms with van der Waals surface area (Å²) in [6.07, 6.45) is 9.51. The Hall–Kier alpha value is -1.85. The maximum Gasteiger partial charge on any atom is 0.225 e. The number of likely N-dealkylation sites (tertiary alicyclic amines) is 1. The van der Waals surface area contributed by atoms with Crippen LogP contribution < -0.4 is 5.32 Å². The number of imidazole rings is 1. The molecule has 0 atom stereocenters. The summed E-state index contributed by atoms with van der Waals surface area (Å²) in [5.41, 5.74) is 0. The molecule has 0 unspecified atom stereocenters. The number of hydrogen-bond acceptors (Lipinski definition) is 3. The molecule has 1 saturated carbocycles. The smallest absolute Gasteiger partial charge is 0.225 e. The third kappa shape index (κ3) is 3.79. The zero-order valence-electron chi connectivity index (χ0n) is 14.5. The molecule has 1 saturated heterocycles. The third-order valence-electron chi connectivity index (χ3n) is 5.40. The van der Waals surface area contributed by atoms with Crippen LogP contribution >= 0.6 is 0 Å². The Balaban J connectivity index is 1.38. The minimum absolute atomic E-state index is 0.0453. The van der Waals surface area contributed by atoms with Gasteiger partial charge in [-0.1, -0.05) is 13.3 Å². The lowest BCUT2D eigenvalue weighted by atomic mass is 9.83. The summed E-state index contributed by atoms with van der Waals surface area (Å²) in [4.78, 5) is 30.8. The molecular formula is C18H28N4O2. The van der Waals surface area contributed by atoms with E-state index >= 15 is 0 Å². The van der Waals surface area contributed by atoms with Crippen LogP contribution in [-0.4, -0.2) is 45.9 Å². The Morgan fingerprint density at radius 3 is 2.58 bits per heavy atom. The highest BCUT2D eigenvalue weighted by Gasteiger charge is 2.33. The van der Waals surface area contributed by atoms with E-state index < -0.39 is 0 Å². The zero-order valence-corrected chi connectivity index (χ0v) is 14.5. The van der Waals surface area contributed by atoms with Crippen LogP contribution in [0, 0.1) is 11.8 Å². The van der Waals surface area contributed by atoms with Crippen LogP contribution in [0.5, 0.6) is 0 Å². The van der Waals surface area contributed by atoms with E-state index in [-0.39, 0.29) is 17.7 Å². The Bertz CT molecular complexity index is 571. The molecule has 0 spiro atoms. The monoisotopic (exact) mass is 332 g/mol. The van der Waals surface area contributed by atoms with E-state index in [1.807, 2.05) is 11.1 Å². The van der Waals surface area contributed by atoms with Crippen molar-refractivity contribution in [3.63, 3.8) is 0 Å². The maximum absolute atomic E-state index is 12.3. The van der Waals surface area contributed by atoms with Crippen LogP contribution in [0.3, 0.4) is 0 Å². The van der Waals surface area contributed by atoms with E-state index in [0.717, 1.165) is 57.6 Å². The highest BCUT2D eigenvalue weighted by atomic mass is 16.2. The summed E-state index contributed by atoms with van der Waals surface area (Å²) in [7, 11) is 0. The molecule has 2 amide bonds. The molecule has 1 aliphatic carbocycles. The Labute approximate surface area is 143 Å². The molecule has 3 rings (SSSR count). The Morgan fingerprint density at radius 2 is 1.96 bits per heavy atom. The van der Waals surface area contributed by atoms with Gasteiger partial charge in [-0.3, -0.25) is 9.59 Å². The molecular weight excluding hydrogens is 304 g/mol. The number of piperidine rings is 1. The number of rotatable bonds is 6. The number of carbonyl (C=O) groups is 2. The van der Waals surface area contributed by atoms with Crippen LogP contribution in [0.4, 0.5) is 0 Å². The fourth-order valence-corrected chi connectivity index (χ4v) is 3.58. The van der Waals surface area contributed by atoms with Crippen molar-refractivity contribution in [3.05, 3.63) is 18.2 Å². The summed E-state index contributed by atoms with van der Waals surface area (Å²) in [6.45, 7) is 4.93. The van der Waals surface area contributed by atoms with Crippen molar-refractivity contribution in [1.82, 2.24) is 19.8 Å². The molecule has 6 nitrogen and oxygen atoms in total. The predicted molar refractivity (Wildman–Crippen MR) is 91.3 cm³/mol. The molecule has 0 bridgehead atoms. The number of aryl methyl sites for hydroxylation is 1. The van der Waals surface area contributed by atoms with Gasteiger partial charge in [0.15, 0.2) is 0 Å². The standard InChI is InChI=1S/C18H28N4O2/c1-2-16-19-8-12-21(16)13-9-20-17(23)14-6-10-22(11-7-14)18(24)15-4-3-5-15/h8,12,14-15H,2-7,9-11,13H2,1H3,(H,20,23). The van der Waals surface area contributed by atoms with Crippen molar-refractivity contribution >= 4 is 11.8 Å². The minimum Gasteiger partial charge on any atom is -0.354 e. The van der Waals surface area contributed by atoms with Gasteiger partial charge in [0.05, 0.1) is 0 Å². The zero-order chi connectivity index (χ0) is 16.9. The van der Waals surface area contributed by atoms with Crippen molar-refractivity contribution in [1.29, 1.82) is 0 Å². The normalized spacial score (nSPS) is 19.1. The van der Waals surface area contributed by atoms with Crippen LogP contribution in [0.25, 0.3) is 0 Å². The Kier molecular flexibility index (Phi) is 5.53. The van der Waals surface area contributed by atoms with Gasteiger partial charge in [-0.25, -0.2) is 4.98 Å². The quantitative estimate of drug-likeness (QED) is 0.860. The number of hydrogen-bond donors (Lipinski definition) is 1. The number of amides is 2. The van der Waals surface area contributed by atoms with Crippen molar-refractivity contribution in [2.75, 3.05) is 19.6 Å². The average molecular weight is 332 g/mol. The predicted octanol–water partition coefficient (Wildman–Crippen LogP) is 1.60. The van der Waals surface area contributed by atoms with Gasteiger partial charge in [-0.2, -0.15) is 0 Å². The summed E-state index contributed by atoms with van der Waals surface area (Å²) in [5, 5.41) is 3.04. The lowest BCUT2D eigenvalue weighted by molar-refractivity contribution is -0.141. The molecule has 0 radical (unpaired) electrons. The first kappa shape index (κ1) is 17.0. The topological polar surface area (TPSA) is 67.2 Å². The molecule has 1 N–H and O–H groups in total. The van der Waals surface area contributed by atoms with E-state index in [1.54, 1.807) is 6.20 Å². The molecule has 24 heavy (non-hydrogen) atoms. The molecule has 2 heterocycles. The SMILES string of the molecule is CCc1nccn1CCNC(=O)C1CCN(C(=O)C2CCC2)CC1. The van der Waals surface area contributed by atoms with Crippen molar-refractivity contribution < 1.29 is 9.59 Å². The molecule has 2 fully saturated rings. The molecule has 1 aromatic heterocycles. The number of carbonyl (C=O) groups excluding carboxylic acids is 2. The molecule has 1 aliphatic heterocycles. The summed E-state index contributed by atoms with van der Waals surface area (Å²) in [6, 6.07) is 0. The first-order chi connectivity index (χ1) is 11.7. The van der Waals surface area contributed by atoms with Gasteiger partial charge < -0.3 is 14.8 Å². The first-order valence-corrected chi connectivity index (χ1v) is 9.25. The highest BCUT2D eigenvalue weighted by Crippen LogP contribution is 2.30. The van der Waals surface area contributed by atoms with Crippen LogP contribution in [-0.2, 0) is 22.6 Å². The number of nitrogens with one attached hydrogen (secondary N) is 1. The summed E-state index contributed by atoms with van der Waals surface area (Å²) < 4.78 is 2.08. The second-order valence-electron chi connectivity index (χ2n) is 6.91. The summed E-state index contributed by atoms with van der Waals surface area (Å²) >= 11 is 0. The Morgan fingerprint density at radius 1 is 1.21 bits per heavy atom. The first-order valence-electron chi connectivity index (χ1n) is 9.25. The third-order valence-corrected chi connectivity index (χ3v) is 5.40. The van der Waals surface area contributed by atoms with Gasteiger partial charge >= 0.3 is 0 Å². The number of nitrogens with zero attached hydrogens (tertiary/aromatic N) is 3. The van der Waals surface area contributed by atoms with E-state index in [0.29, 0.717) is 12.5 Å². The molecule has 0 aromatic carbocycles. The fourth-order valence-electron chi connectivity index (χ4n) is 3.58. The number of aromatic nitrogens is 2. The lowest BCUT2D eigenvalue weighted by Crippen LogP contribution is -2.46. The molecule has 6 heteroatoms. The van der Waals surface area contributed by atoms with Crippen LogP contribution in [0.15, 0.2) is 12.4 Å². The van der Waals surface area contributed by atoms with E-state index in [2.05, 4.69) is 21.8 Å². The van der Waals surface area contributed by atoms with E-state index in [4.69, 9.17) is 0 Å². The van der Waals surface area contributed by atoms with Gasteiger partial charge in [0.25, 0.3) is 0 Å². The van der Waals surface area contributed by atoms with E-state index in [1.165, 1.54) is 6.42 Å². The fraction of sp³-hybridized carbons (Fsp3) is 0.722. The van der Waals surface area contributed by atoms with Gasteiger partial charge in [0.1, 0.15) is 5.82 Å². The molecule has 1 aromatic rings. The average Bonchev–Trinajstić information content (AvgIpc) is 3.00. The van der Waals surface area contributed by atoms with Gasteiger partial charge in [0.2, 0.25) is 11.8 Å². The van der Waals surface area contributed by atoms with Crippen molar-refractivity contribution in [2.45, 2.75) is 52.0 Å². The van der Waals surface area contributed by atoms with Crippen molar-refractivity contribution in [2.24, 2.45) is 11.8 Å². The second-order valence-corrected chi connectivity index (χ2v) is 6.91. The highest BCUT2D eigenvalue weighted by molar-refractivity contribution is 5.81. The second kappa shape index (κ2) is 7.81. The summed E-state index contributed by atoms with van der Waals surface area (Å²) in [5.74, 6) is 1.80. The largest absolute Gasteiger partial charge is 0.354 e. The minimum atomic E-state index is 0.0453. The van der Waals surface area contributed by atoms with Gasteiger partial charge in [-0.15, -0.1) is 0 Å². The van der Waals surface area contributed by atoms with Crippen LogP contribution in [0.1, 0.15) is 44.9 Å². The van der Waals surface area contributed by atoms with Gasteiger partial charge in [-0.05, 0) is 25.7 Å². The molecule has 132 valence electrons.